The van der Waals surface area contributed by atoms with Crippen molar-refractivity contribution in [1.29, 1.82) is 0 Å². The maximum atomic E-state index is 6.88. The molecule has 0 N–H and O–H groups in total. The highest BCUT2D eigenvalue weighted by Crippen LogP contribution is 2.46. The first kappa shape index (κ1) is 36.7. The fraction of sp³-hybridized carbons (Fsp3) is 0.0508. The van der Waals surface area contributed by atoms with E-state index < -0.39 is 0 Å². The zero-order chi connectivity index (χ0) is 41.9. The Kier molecular flexibility index (Phi) is 8.82. The highest BCUT2D eigenvalue weighted by Gasteiger charge is 2.24. The third kappa shape index (κ3) is 6.30. The molecule has 4 heteroatoms. The summed E-state index contributed by atoms with van der Waals surface area (Å²) in [5.41, 5.74) is 16.4. The Morgan fingerprint density at radius 2 is 1.11 bits per heavy atom. The average molecular weight is 811 g/mol. The number of rotatable bonds is 7. The van der Waals surface area contributed by atoms with E-state index in [0.717, 1.165) is 96.8 Å². The van der Waals surface area contributed by atoms with Gasteiger partial charge in [0, 0.05) is 38.8 Å². The minimum atomic E-state index is 0.832. The van der Waals surface area contributed by atoms with Gasteiger partial charge in [0.05, 0.1) is 22.1 Å². The van der Waals surface area contributed by atoms with Gasteiger partial charge in [-0.3, -0.25) is 0 Å². The van der Waals surface area contributed by atoms with Crippen molar-refractivity contribution in [2.45, 2.75) is 19.8 Å². The number of allylic oxidation sites excluding steroid dienone is 1. The van der Waals surface area contributed by atoms with Gasteiger partial charge in [0.25, 0.3) is 0 Å². The fourth-order valence-electron chi connectivity index (χ4n) is 9.60. The van der Waals surface area contributed by atoms with Gasteiger partial charge in [-0.1, -0.05) is 146 Å². The van der Waals surface area contributed by atoms with E-state index in [4.69, 9.17) is 9.15 Å². The molecule has 4 nitrogen and oxygen atoms in total. The molecule has 0 atom stereocenters. The quantitative estimate of drug-likeness (QED) is 0.161. The van der Waals surface area contributed by atoms with Gasteiger partial charge in [-0.15, -0.1) is 0 Å². The van der Waals surface area contributed by atoms with Crippen molar-refractivity contribution in [2.75, 3.05) is 4.90 Å². The van der Waals surface area contributed by atoms with Crippen LogP contribution in [0.25, 0.3) is 77.4 Å². The van der Waals surface area contributed by atoms with E-state index in [1.165, 1.54) is 33.0 Å². The Morgan fingerprint density at radius 3 is 1.92 bits per heavy atom. The molecular formula is C59H42N2O2. The molecule has 0 saturated carbocycles. The summed E-state index contributed by atoms with van der Waals surface area (Å²) >= 11 is 0. The molecule has 300 valence electrons. The Bertz CT molecular complexity index is 3530. The highest BCUT2D eigenvalue weighted by atomic mass is 16.5. The largest absolute Gasteiger partial charge is 0.456 e. The van der Waals surface area contributed by atoms with Crippen LogP contribution in [-0.2, 0) is 6.42 Å². The van der Waals surface area contributed by atoms with Crippen molar-refractivity contribution in [3.05, 3.63) is 229 Å². The second-order valence-electron chi connectivity index (χ2n) is 16.5. The second-order valence-corrected chi connectivity index (χ2v) is 16.5. The van der Waals surface area contributed by atoms with Crippen LogP contribution in [0.1, 0.15) is 24.5 Å². The molecule has 0 amide bonds. The first-order valence-electron chi connectivity index (χ1n) is 21.7. The predicted octanol–water partition coefficient (Wildman–Crippen LogP) is 16.2. The number of aryl methyl sites for hydroxylation is 1. The van der Waals surface area contributed by atoms with Crippen molar-refractivity contribution < 1.29 is 9.15 Å². The monoisotopic (exact) mass is 810 g/mol. The van der Waals surface area contributed by atoms with Gasteiger partial charge in [0.15, 0.2) is 0 Å². The summed E-state index contributed by atoms with van der Waals surface area (Å²) in [5, 5.41) is 4.51. The number of hydrogen-bond acceptors (Lipinski definition) is 3. The number of para-hydroxylation sites is 3. The first-order chi connectivity index (χ1) is 31.2. The molecule has 0 bridgehead atoms. The third-order valence-electron chi connectivity index (χ3n) is 12.7. The van der Waals surface area contributed by atoms with Crippen LogP contribution in [0.3, 0.4) is 0 Å². The van der Waals surface area contributed by atoms with Crippen molar-refractivity contribution >= 4 is 66.6 Å². The van der Waals surface area contributed by atoms with Crippen LogP contribution in [0.4, 0.5) is 17.1 Å². The van der Waals surface area contributed by atoms with Gasteiger partial charge >= 0.3 is 0 Å². The van der Waals surface area contributed by atoms with E-state index in [2.05, 4.69) is 223 Å². The van der Waals surface area contributed by atoms with Crippen LogP contribution in [0.2, 0.25) is 0 Å². The topological polar surface area (TPSA) is 30.5 Å². The smallest absolute Gasteiger partial charge is 0.142 e. The maximum absolute atomic E-state index is 6.88. The molecule has 0 saturated heterocycles. The van der Waals surface area contributed by atoms with E-state index in [1.807, 2.05) is 6.07 Å². The molecule has 0 unspecified atom stereocenters. The molecule has 9 aromatic carbocycles. The standard InChI is InChI=1S/C59H42N2O2/c1-39-27-28-43-32-36-54-56(59(43)63-58(39)42-17-7-3-8-18-42)51-35-31-45(38-55(51)62-54)41-29-33-47(34-30-41)60(48-22-13-19-44(37-48)40-15-5-2-6-16-40)53-26-14-24-50-49-23-11-12-25-52(49)61(57(50)53)46-20-9-4-10-21-46/h2-26,29-38H,27-28H2,1H3. The van der Waals surface area contributed by atoms with Crippen molar-refractivity contribution in [3.63, 3.8) is 0 Å². The van der Waals surface area contributed by atoms with E-state index in [-0.39, 0.29) is 0 Å². The van der Waals surface area contributed by atoms with Gasteiger partial charge < -0.3 is 18.6 Å². The van der Waals surface area contributed by atoms with Crippen LogP contribution < -0.4 is 9.64 Å². The highest BCUT2D eigenvalue weighted by molar-refractivity contribution is 6.14. The van der Waals surface area contributed by atoms with E-state index >= 15 is 0 Å². The summed E-state index contributed by atoms with van der Waals surface area (Å²) in [7, 11) is 0. The molecule has 0 fully saturated rings. The second kappa shape index (κ2) is 15.1. The van der Waals surface area contributed by atoms with Gasteiger partial charge in [-0.2, -0.15) is 0 Å². The average Bonchev–Trinajstić information content (AvgIpc) is 3.84. The summed E-state index contributed by atoms with van der Waals surface area (Å²) in [6.45, 7) is 2.18. The summed E-state index contributed by atoms with van der Waals surface area (Å²) in [4.78, 5) is 2.41. The Balaban J connectivity index is 0.984. The van der Waals surface area contributed by atoms with Gasteiger partial charge in [0.2, 0.25) is 0 Å². The summed E-state index contributed by atoms with van der Waals surface area (Å²) < 4.78 is 15.9. The van der Waals surface area contributed by atoms with Crippen LogP contribution >= 0.6 is 0 Å². The number of anilines is 3. The molecule has 0 spiro atoms. The molecule has 11 aromatic rings. The molecule has 1 aliphatic rings. The lowest BCUT2D eigenvalue weighted by molar-refractivity contribution is 0.515. The van der Waals surface area contributed by atoms with E-state index in [0.29, 0.717) is 0 Å². The normalized spacial score (nSPS) is 12.8. The Morgan fingerprint density at radius 1 is 0.460 bits per heavy atom. The molecule has 0 aliphatic carbocycles. The SMILES string of the molecule is CC1=C(c2ccccc2)Oc2c(ccc3oc4cc(-c5ccc(N(c6cccc(-c7ccccc7)c6)c6cccc7c8ccccc8n(-c8ccccc8)c67)cc5)ccc4c23)CC1. The maximum Gasteiger partial charge on any atom is 0.142 e. The lowest BCUT2D eigenvalue weighted by atomic mass is 10.00. The van der Waals surface area contributed by atoms with Gasteiger partial charge in [-0.05, 0) is 120 Å². The zero-order valence-electron chi connectivity index (χ0n) is 34.8. The molecule has 3 heterocycles. The first-order valence-corrected chi connectivity index (χ1v) is 21.7. The molecular weight excluding hydrogens is 769 g/mol. The fourth-order valence-corrected chi connectivity index (χ4v) is 9.60. The van der Waals surface area contributed by atoms with Crippen LogP contribution in [-0.4, -0.2) is 4.57 Å². The number of hydrogen-bond donors (Lipinski definition) is 0. The Labute approximate surface area is 366 Å². The lowest BCUT2D eigenvalue weighted by Crippen LogP contribution is -2.11. The van der Waals surface area contributed by atoms with Crippen molar-refractivity contribution in [1.82, 2.24) is 4.57 Å². The summed E-state index contributed by atoms with van der Waals surface area (Å²) in [6.07, 6.45) is 1.86. The molecule has 0 radical (unpaired) electrons. The number of fused-ring (bicyclic) bond motifs is 8. The molecule has 1 aliphatic heterocycles. The van der Waals surface area contributed by atoms with Crippen molar-refractivity contribution in [3.8, 4) is 33.7 Å². The third-order valence-corrected chi connectivity index (χ3v) is 12.7. The van der Waals surface area contributed by atoms with Gasteiger partial charge in [0.1, 0.15) is 22.7 Å². The lowest BCUT2D eigenvalue weighted by Gasteiger charge is -2.28. The summed E-state index contributed by atoms with van der Waals surface area (Å²) in [5.74, 6) is 1.84. The summed E-state index contributed by atoms with van der Waals surface area (Å²) in [6, 6.07) is 75.9. The number of aromatic nitrogens is 1. The van der Waals surface area contributed by atoms with Crippen LogP contribution in [0, 0.1) is 0 Å². The molecule has 2 aromatic heterocycles. The Hall–Kier alpha value is -8.08. The van der Waals surface area contributed by atoms with Crippen LogP contribution in [0.5, 0.6) is 5.75 Å². The van der Waals surface area contributed by atoms with E-state index in [1.54, 1.807) is 0 Å². The zero-order valence-corrected chi connectivity index (χ0v) is 34.8. The van der Waals surface area contributed by atoms with E-state index in [9.17, 15) is 0 Å². The van der Waals surface area contributed by atoms with Crippen molar-refractivity contribution in [2.24, 2.45) is 0 Å². The molecule has 12 rings (SSSR count). The minimum absolute atomic E-state index is 0.832. The van der Waals surface area contributed by atoms with Crippen LogP contribution in [0.15, 0.2) is 222 Å². The number of nitrogens with zero attached hydrogens (tertiary/aromatic N) is 2. The number of ether oxygens (including phenoxy) is 1. The molecule has 63 heavy (non-hydrogen) atoms. The number of benzene rings is 9. The van der Waals surface area contributed by atoms with Gasteiger partial charge in [-0.25, -0.2) is 0 Å². The number of furan rings is 1. The minimum Gasteiger partial charge on any atom is -0.456 e. The predicted molar refractivity (Wildman–Crippen MR) is 262 cm³/mol.